The van der Waals surface area contributed by atoms with Crippen LogP contribution in [0.3, 0.4) is 0 Å². The van der Waals surface area contributed by atoms with Crippen LogP contribution in [0.4, 0.5) is 0 Å². The van der Waals surface area contributed by atoms with E-state index in [1.165, 1.54) is 0 Å². The highest BCUT2D eigenvalue weighted by Crippen LogP contribution is 2.69. The molecule has 0 aromatic heterocycles. The number of carbonyl (C=O) groups is 2. The average molecular weight is 259 g/mol. The first-order valence-corrected chi connectivity index (χ1v) is 6.92. The van der Waals surface area contributed by atoms with Crippen molar-refractivity contribution < 1.29 is 14.3 Å². The van der Waals surface area contributed by atoms with E-state index in [1.54, 1.807) is 6.92 Å². The van der Waals surface area contributed by atoms with E-state index >= 15 is 0 Å². The number of carbonyl (C=O) groups excluding carboxylic acids is 2. The monoisotopic (exact) mass is 259 g/mol. The standard InChI is InChI=1S/C15H17NO3/c1-8-5-10(16-12(8)17)7-15-9-3-4-14(2,11(15)6-9)19-13(15)18/h5,7,9,11H,3-4,6H2,1-2H3,(H,16,17)/b10-7+/t9-,11-,14+,15+/m0/s1. The van der Waals surface area contributed by atoms with Crippen LogP contribution in [0, 0.1) is 17.3 Å². The molecule has 5 aliphatic rings. The zero-order chi connectivity index (χ0) is 13.4. The van der Waals surface area contributed by atoms with Crippen molar-refractivity contribution in [3.63, 3.8) is 0 Å². The highest BCUT2D eigenvalue weighted by Gasteiger charge is 2.74. The van der Waals surface area contributed by atoms with Gasteiger partial charge in [-0.15, -0.1) is 0 Å². The maximum Gasteiger partial charge on any atom is 0.317 e. The lowest BCUT2D eigenvalue weighted by molar-refractivity contribution is -0.151. The fourth-order valence-electron chi connectivity index (χ4n) is 4.45. The lowest BCUT2D eigenvalue weighted by Crippen LogP contribution is -2.57. The molecule has 4 atom stereocenters. The minimum Gasteiger partial charge on any atom is -0.458 e. The van der Waals surface area contributed by atoms with E-state index in [0.29, 0.717) is 11.5 Å². The molecule has 4 bridgehead atoms. The van der Waals surface area contributed by atoms with Gasteiger partial charge in [0.1, 0.15) is 5.60 Å². The SMILES string of the molecule is CC1=C/C(=C\[C@@]23C(=O)O[C@]4(C)CC[C@H]2C[C@H]34)NC1=O. The van der Waals surface area contributed by atoms with Crippen LogP contribution in [0.25, 0.3) is 0 Å². The molecular weight excluding hydrogens is 242 g/mol. The smallest absolute Gasteiger partial charge is 0.317 e. The summed E-state index contributed by atoms with van der Waals surface area (Å²) in [5.74, 6) is 0.513. The highest BCUT2D eigenvalue weighted by molar-refractivity contribution is 5.98. The van der Waals surface area contributed by atoms with Crippen LogP contribution in [0.15, 0.2) is 23.4 Å². The van der Waals surface area contributed by atoms with E-state index in [9.17, 15) is 9.59 Å². The number of fused-ring (bicyclic) bond motifs is 1. The second-order valence-electron chi connectivity index (χ2n) is 6.54. The normalized spacial score (nSPS) is 48.7. The molecule has 0 spiro atoms. The molecule has 0 unspecified atom stereocenters. The molecule has 2 aliphatic heterocycles. The second-order valence-corrected chi connectivity index (χ2v) is 6.54. The molecule has 3 saturated carbocycles. The largest absolute Gasteiger partial charge is 0.458 e. The molecule has 5 rings (SSSR count). The summed E-state index contributed by atoms with van der Waals surface area (Å²) < 4.78 is 5.68. The Labute approximate surface area is 111 Å². The Hall–Kier alpha value is -1.58. The first kappa shape index (κ1) is 11.3. The van der Waals surface area contributed by atoms with Gasteiger partial charge in [0.15, 0.2) is 0 Å². The highest BCUT2D eigenvalue weighted by atomic mass is 16.6. The number of hydrogen-bond acceptors (Lipinski definition) is 3. The molecule has 0 aromatic carbocycles. The van der Waals surface area contributed by atoms with E-state index in [0.717, 1.165) is 25.0 Å². The summed E-state index contributed by atoms with van der Waals surface area (Å²) in [6.07, 6.45) is 6.88. The average Bonchev–Trinajstić information content (AvgIpc) is 2.67. The zero-order valence-electron chi connectivity index (χ0n) is 11.2. The van der Waals surface area contributed by atoms with E-state index in [2.05, 4.69) is 12.2 Å². The molecule has 100 valence electrons. The van der Waals surface area contributed by atoms with Crippen molar-refractivity contribution in [1.82, 2.24) is 5.32 Å². The van der Waals surface area contributed by atoms with Gasteiger partial charge in [0, 0.05) is 17.2 Å². The Morgan fingerprint density at radius 3 is 2.89 bits per heavy atom. The van der Waals surface area contributed by atoms with Crippen molar-refractivity contribution in [2.45, 2.75) is 38.7 Å². The van der Waals surface area contributed by atoms with Gasteiger partial charge in [0.05, 0.1) is 5.41 Å². The quantitative estimate of drug-likeness (QED) is 0.729. The molecule has 2 heterocycles. The molecule has 19 heavy (non-hydrogen) atoms. The minimum absolute atomic E-state index is 0.0683. The Kier molecular flexibility index (Phi) is 1.84. The summed E-state index contributed by atoms with van der Waals surface area (Å²) in [6.45, 7) is 3.84. The number of amides is 1. The van der Waals surface area contributed by atoms with Crippen molar-refractivity contribution in [2.24, 2.45) is 17.3 Å². The molecule has 0 aromatic rings. The first-order chi connectivity index (χ1) is 8.95. The van der Waals surface area contributed by atoms with Crippen LogP contribution in [-0.4, -0.2) is 17.5 Å². The maximum atomic E-state index is 12.4. The first-order valence-electron chi connectivity index (χ1n) is 6.92. The number of hydrogen-bond donors (Lipinski definition) is 1. The van der Waals surface area contributed by atoms with Gasteiger partial charge in [-0.05, 0) is 51.2 Å². The number of rotatable bonds is 1. The Morgan fingerprint density at radius 2 is 2.26 bits per heavy atom. The summed E-state index contributed by atoms with van der Waals surface area (Å²) >= 11 is 0. The maximum absolute atomic E-state index is 12.4. The van der Waals surface area contributed by atoms with Gasteiger partial charge in [-0.25, -0.2) is 0 Å². The van der Waals surface area contributed by atoms with E-state index in [-0.39, 0.29) is 23.4 Å². The van der Waals surface area contributed by atoms with Crippen LogP contribution in [-0.2, 0) is 14.3 Å². The molecule has 1 N–H and O–H groups in total. The third kappa shape index (κ3) is 1.15. The molecule has 4 heteroatoms. The molecule has 1 amide bonds. The molecular formula is C15H17NO3. The molecule has 3 aliphatic carbocycles. The molecule has 1 saturated heterocycles. The van der Waals surface area contributed by atoms with Gasteiger partial charge in [-0.3, -0.25) is 9.59 Å². The summed E-state index contributed by atoms with van der Waals surface area (Å²) in [5, 5.41) is 2.82. The predicted octanol–water partition coefficient (Wildman–Crippen LogP) is 1.68. The fourth-order valence-corrected chi connectivity index (χ4v) is 4.45. The lowest BCUT2D eigenvalue weighted by Gasteiger charge is -2.55. The van der Waals surface area contributed by atoms with Gasteiger partial charge in [0.2, 0.25) is 0 Å². The third-order valence-corrected chi connectivity index (χ3v) is 5.56. The predicted molar refractivity (Wildman–Crippen MR) is 67.7 cm³/mol. The summed E-state index contributed by atoms with van der Waals surface area (Å²) in [5.41, 5.74) is 0.697. The topological polar surface area (TPSA) is 55.4 Å². The summed E-state index contributed by atoms with van der Waals surface area (Å²) in [4.78, 5) is 23.9. The molecule has 4 nitrogen and oxygen atoms in total. The number of esters is 1. The molecule has 0 radical (unpaired) electrons. The second kappa shape index (κ2) is 3.11. The zero-order valence-corrected chi connectivity index (χ0v) is 11.2. The number of nitrogens with one attached hydrogen (secondary N) is 1. The van der Waals surface area contributed by atoms with Crippen molar-refractivity contribution in [1.29, 1.82) is 0 Å². The summed E-state index contributed by atoms with van der Waals surface area (Å²) in [6, 6.07) is 0. The van der Waals surface area contributed by atoms with E-state index in [4.69, 9.17) is 4.74 Å². The lowest BCUT2D eigenvalue weighted by atomic mass is 9.44. The van der Waals surface area contributed by atoms with E-state index < -0.39 is 5.41 Å². The van der Waals surface area contributed by atoms with Crippen LogP contribution in [0.5, 0.6) is 0 Å². The van der Waals surface area contributed by atoms with Crippen molar-refractivity contribution in [3.8, 4) is 0 Å². The van der Waals surface area contributed by atoms with Gasteiger partial charge in [-0.1, -0.05) is 0 Å². The van der Waals surface area contributed by atoms with Crippen LogP contribution < -0.4 is 5.32 Å². The van der Waals surface area contributed by atoms with Crippen LogP contribution in [0.1, 0.15) is 33.1 Å². The number of allylic oxidation sites excluding steroid dienone is 1. The van der Waals surface area contributed by atoms with Crippen LogP contribution >= 0.6 is 0 Å². The molecule has 4 fully saturated rings. The fraction of sp³-hybridized carbons (Fsp3) is 0.600. The van der Waals surface area contributed by atoms with Crippen molar-refractivity contribution in [2.75, 3.05) is 0 Å². The van der Waals surface area contributed by atoms with Crippen molar-refractivity contribution in [3.05, 3.63) is 23.4 Å². The van der Waals surface area contributed by atoms with Gasteiger partial charge < -0.3 is 10.1 Å². The van der Waals surface area contributed by atoms with Gasteiger partial charge in [-0.2, -0.15) is 0 Å². The van der Waals surface area contributed by atoms with Crippen molar-refractivity contribution >= 4 is 11.9 Å². The van der Waals surface area contributed by atoms with Crippen LogP contribution in [0.2, 0.25) is 0 Å². The van der Waals surface area contributed by atoms with Gasteiger partial charge >= 0.3 is 5.97 Å². The Bertz CT molecular complexity index is 574. The Balaban J connectivity index is 1.78. The number of ether oxygens (including phenoxy) is 1. The van der Waals surface area contributed by atoms with Gasteiger partial charge in [0.25, 0.3) is 5.91 Å². The summed E-state index contributed by atoms with van der Waals surface area (Å²) in [7, 11) is 0. The Morgan fingerprint density at radius 1 is 1.47 bits per heavy atom. The van der Waals surface area contributed by atoms with E-state index in [1.807, 2.05) is 12.2 Å². The minimum atomic E-state index is -0.475. The third-order valence-electron chi connectivity index (χ3n) is 5.56.